The van der Waals surface area contributed by atoms with E-state index >= 15 is 0 Å². The Bertz CT molecular complexity index is 907. The van der Waals surface area contributed by atoms with Gasteiger partial charge in [-0.25, -0.2) is 4.98 Å². The van der Waals surface area contributed by atoms with Crippen molar-refractivity contribution in [1.82, 2.24) is 19.9 Å². The van der Waals surface area contributed by atoms with E-state index in [0.717, 1.165) is 22.4 Å². The van der Waals surface area contributed by atoms with Gasteiger partial charge in [0.2, 0.25) is 5.91 Å². The van der Waals surface area contributed by atoms with E-state index in [1.807, 2.05) is 48.2 Å². The highest BCUT2D eigenvalue weighted by atomic mass is 16.3. The molecule has 0 saturated carbocycles. The van der Waals surface area contributed by atoms with Crippen molar-refractivity contribution < 1.29 is 9.90 Å². The summed E-state index contributed by atoms with van der Waals surface area (Å²) in [6.45, 7) is 3.07. The molecule has 0 bridgehead atoms. The standard InChI is InChI=1S/C21H24N4O2/c1-15-6-7-18(22-14-15)21(27)10-12-25(13-11-21)20(26)9-8-19-23-16-4-2-3-5-17(16)24-19/h2-7,14,27H,8-13H2,1H3,(H,23,24). The number of aromatic nitrogens is 3. The molecule has 140 valence electrons. The number of hydrogen-bond acceptors (Lipinski definition) is 4. The number of aryl methyl sites for hydroxylation is 2. The summed E-state index contributed by atoms with van der Waals surface area (Å²) >= 11 is 0. The van der Waals surface area contributed by atoms with E-state index in [2.05, 4.69) is 15.0 Å². The summed E-state index contributed by atoms with van der Waals surface area (Å²) in [5.41, 5.74) is 2.74. The molecule has 1 aromatic carbocycles. The number of para-hydroxylation sites is 2. The van der Waals surface area contributed by atoms with Crippen molar-refractivity contribution in [3.8, 4) is 0 Å². The molecule has 1 saturated heterocycles. The highest BCUT2D eigenvalue weighted by Gasteiger charge is 2.36. The summed E-state index contributed by atoms with van der Waals surface area (Å²) in [4.78, 5) is 26.6. The number of imidazole rings is 1. The second-order valence-corrected chi connectivity index (χ2v) is 7.33. The van der Waals surface area contributed by atoms with Gasteiger partial charge >= 0.3 is 0 Å². The Morgan fingerprint density at radius 1 is 1.22 bits per heavy atom. The van der Waals surface area contributed by atoms with Crippen molar-refractivity contribution >= 4 is 16.9 Å². The summed E-state index contributed by atoms with van der Waals surface area (Å²) in [5.74, 6) is 0.941. The third kappa shape index (κ3) is 3.71. The number of hydrogen-bond donors (Lipinski definition) is 2. The number of rotatable bonds is 4. The third-order valence-electron chi connectivity index (χ3n) is 5.35. The molecular formula is C21H24N4O2. The summed E-state index contributed by atoms with van der Waals surface area (Å²) in [6, 6.07) is 11.7. The fourth-order valence-electron chi connectivity index (χ4n) is 3.63. The molecule has 0 spiro atoms. The van der Waals surface area contributed by atoms with Crippen LogP contribution in [-0.2, 0) is 16.8 Å². The molecule has 1 amide bonds. The Morgan fingerprint density at radius 3 is 2.70 bits per heavy atom. The van der Waals surface area contributed by atoms with E-state index in [9.17, 15) is 9.90 Å². The molecule has 1 aliphatic rings. The second kappa shape index (κ2) is 7.12. The first-order valence-electron chi connectivity index (χ1n) is 9.40. The smallest absolute Gasteiger partial charge is 0.223 e. The van der Waals surface area contributed by atoms with Gasteiger partial charge in [-0.15, -0.1) is 0 Å². The van der Waals surface area contributed by atoms with Gasteiger partial charge in [0.1, 0.15) is 11.4 Å². The first kappa shape index (κ1) is 17.7. The number of carbonyl (C=O) groups is 1. The minimum absolute atomic E-state index is 0.106. The van der Waals surface area contributed by atoms with Gasteiger partial charge in [-0.05, 0) is 43.5 Å². The molecule has 6 heteroatoms. The van der Waals surface area contributed by atoms with Gasteiger partial charge in [0, 0.05) is 32.1 Å². The highest BCUT2D eigenvalue weighted by Crippen LogP contribution is 2.31. The number of carbonyl (C=O) groups excluding carboxylic acids is 1. The van der Waals surface area contributed by atoms with Gasteiger partial charge in [-0.3, -0.25) is 9.78 Å². The number of nitrogens with zero attached hydrogens (tertiary/aromatic N) is 3. The highest BCUT2D eigenvalue weighted by molar-refractivity contribution is 5.77. The predicted molar refractivity (Wildman–Crippen MR) is 103 cm³/mol. The zero-order valence-corrected chi connectivity index (χ0v) is 15.5. The SMILES string of the molecule is Cc1ccc(C2(O)CCN(C(=O)CCc3nc4ccccc4[nH]3)CC2)nc1. The fraction of sp³-hybridized carbons (Fsp3) is 0.381. The van der Waals surface area contributed by atoms with E-state index < -0.39 is 5.60 Å². The molecule has 0 aliphatic carbocycles. The van der Waals surface area contributed by atoms with E-state index in [1.165, 1.54) is 0 Å². The molecule has 2 N–H and O–H groups in total. The fourth-order valence-corrected chi connectivity index (χ4v) is 3.63. The van der Waals surface area contributed by atoms with Gasteiger partial charge in [0.05, 0.1) is 16.7 Å². The Morgan fingerprint density at radius 2 is 2.00 bits per heavy atom. The number of nitrogens with one attached hydrogen (secondary N) is 1. The summed E-state index contributed by atoms with van der Waals surface area (Å²) in [6.07, 6.45) is 3.81. The van der Waals surface area contributed by atoms with Crippen molar-refractivity contribution in [3.63, 3.8) is 0 Å². The Balaban J connectivity index is 1.33. The minimum Gasteiger partial charge on any atom is -0.383 e. The van der Waals surface area contributed by atoms with Gasteiger partial charge < -0.3 is 15.0 Å². The quantitative estimate of drug-likeness (QED) is 0.746. The van der Waals surface area contributed by atoms with Crippen LogP contribution in [0.1, 0.15) is 36.3 Å². The maximum atomic E-state index is 12.6. The molecule has 3 aromatic rings. The van der Waals surface area contributed by atoms with Crippen LogP contribution < -0.4 is 0 Å². The Hall–Kier alpha value is -2.73. The number of aromatic amines is 1. The van der Waals surface area contributed by atoms with Gasteiger partial charge in [-0.2, -0.15) is 0 Å². The van der Waals surface area contributed by atoms with Crippen molar-refractivity contribution in [2.24, 2.45) is 0 Å². The van der Waals surface area contributed by atoms with Crippen LogP contribution in [-0.4, -0.2) is 44.0 Å². The lowest BCUT2D eigenvalue weighted by molar-refractivity contribution is -0.135. The van der Waals surface area contributed by atoms with Crippen molar-refractivity contribution in [3.05, 3.63) is 59.7 Å². The number of fused-ring (bicyclic) bond motifs is 1. The van der Waals surface area contributed by atoms with Crippen LogP contribution in [0.25, 0.3) is 11.0 Å². The molecule has 2 aromatic heterocycles. The lowest BCUT2D eigenvalue weighted by atomic mass is 9.87. The van der Waals surface area contributed by atoms with Crippen LogP contribution in [0.5, 0.6) is 0 Å². The number of likely N-dealkylation sites (tertiary alicyclic amines) is 1. The van der Waals surface area contributed by atoms with Gasteiger partial charge in [0.25, 0.3) is 0 Å². The third-order valence-corrected chi connectivity index (χ3v) is 5.35. The summed E-state index contributed by atoms with van der Waals surface area (Å²) in [7, 11) is 0. The Labute approximate surface area is 158 Å². The van der Waals surface area contributed by atoms with Crippen LogP contribution in [0.15, 0.2) is 42.6 Å². The first-order valence-corrected chi connectivity index (χ1v) is 9.40. The summed E-state index contributed by atoms with van der Waals surface area (Å²) in [5, 5.41) is 10.9. The van der Waals surface area contributed by atoms with Crippen molar-refractivity contribution in [1.29, 1.82) is 0 Å². The van der Waals surface area contributed by atoms with Crippen LogP contribution >= 0.6 is 0 Å². The number of benzene rings is 1. The molecule has 27 heavy (non-hydrogen) atoms. The molecule has 4 rings (SSSR count). The number of amides is 1. The monoisotopic (exact) mass is 364 g/mol. The lowest BCUT2D eigenvalue weighted by Crippen LogP contribution is -2.45. The molecule has 0 unspecified atom stereocenters. The minimum atomic E-state index is -0.941. The molecule has 1 fully saturated rings. The molecule has 0 radical (unpaired) electrons. The van der Waals surface area contributed by atoms with Crippen LogP contribution in [0, 0.1) is 6.92 Å². The largest absolute Gasteiger partial charge is 0.383 e. The molecular weight excluding hydrogens is 340 g/mol. The van der Waals surface area contributed by atoms with E-state index in [0.29, 0.717) is 44.5 Å². The first-order chi connectivity index (χ1) is 13.0. The van der Waals surface area contributed by atoms with Crippen LogP contribution in [0.3, 0.4) is 0 Å². The number of pyridine rings is 1. The van der Waals surface area contributed by atoms with Crippen LogP contribution in [0.2, 0.25) is 0 Å². The zero-order valence-electron chi connectivity index (χ0n) is 15.5. The predicted octanol–water partition coefficient (Wildman–Crippen LogP) is 2.71. The number of piperidine rings is 1. The van der Waals surface area contributed by atoms with Gasteiger partial charge in [0.15, 0.2) is 0 Å². The normalized spacial score (nSPS) is 16.6. The molecule has 6 nitrogen and oxygen atoms in total. The van der Waals surface area contributed by atoms with Crippen LogP contribution in [0.4, 0.5) is 0 Å². The maximum absolute atomic E-state index is 12.6. The topological polar surface area (TPSA) is 82.1 Å². The van der Waals surface area contributed by atoms with E-state index in [-0.39, 0.29) is 5.91 Å². The second-order valence-electron chi connectivity index (χ2n) is 7.33. The van der Waals surface area contributed by atoms with Gasteiger partial charge in [-0.1, -0.05) is 18.2 Å². The average Bonchev–Trinajstić information content (AvgIpc) is 3.10. The molecule has 1 aliphatic heterocycles. The number of H-pyrrole nitrogens is 1. The summed E-state index contributed by atoms with van der Waals surface area (Å²) < 4.78 is 0. The number of aliphatic hydroxyl groups is 1. The lowest BCUT2D eigenvalue weighted by Gasteiger charge is -2.37. The van der Waals surface area contributed by atoms with E-state index in [4.69, 9.17) is 0 Å². The molecule has 3 heterocycles. The van der Waals surface area contributed by atoms with E-state index in [1.54, 1.807) is 6.20 Å². The zero-order chi connectivity index (χ0) is 18.9. The van der Waals surface area contributed by atoms with Crippen molar-refractivity contribution in [2.75, 3.05) is 13.1 Å². The Kier molecular flexibility index (Phi) is 4.66. The van der Waals surface area contributed by atoms with Crippen molar-refractivity contribution in [2.45, 2.75) is 38.2 Å². The molecule has 0 atom stereocenters. The maximum Gasteiger partial charge on any atom is 0.223 e. The average molecular weight is 364 g/mol.